The number of phenols is 1. The van der Waals surface area contributed by atoms with Gasteiger partial charge in [0.15, 0.2) is 5.75 Å². The maximum Gasteiger partial charge on any atom is 0.310 e. The number of nitro benzene ring substituents is 1. The van der Waals surface area contributed by atoms with E-state index in [1.807, 2.05) is 0 Å². The van der Waals surface area contributed by atoms with Crippen LogP contribution < -0.4 is 0 Å². The lowest BCUT2D eigenvalue weighted by Gasteiger charge is -2.31. The van der Waals surface area contributed by atoms with Gasteiger partial charge in [-0.2, -0.15) is 0 Å². The van der Waals surface area contributed by atoms with Gasteiger partial charge in [0, 0.05) is 6.07 Å². The van der Waals surface area contributed by atoms with Crippen molar-refractivity contribution in [3.8, 4) is 5.75 Å². The molecular weight excluding hydrogens is 242 g/mol. The van der Waals surface area contributed by atoms with Crippen LogP contribution in [0.2, 0.25) is 0 Å². The SMILES string of the molecule is CCC(C)CC(C)(CC)c1ccc(O)c([N+](=O)[O-])c1. The summed E-state index contributed by atoms with van der Waals surface area (Å²) in [4.78, 5) is 10.4. The van der Waals surface area contributed by atoms with E-state index in [0.29, 0.717) is 5.92 Å². The van der Waals surface area contributed by atoms with Crippen molar-refractivity contribution in [1.82, 2.24) is 0 Å². The fraction of sp³-hybridized carbons (Fsp3) is 0.600. The third-order valence-electron chi connectivity index (χ3n) is 4.15. The molecule has 1 aromatic rings. The third-order valence-corrected chi connectivity index (χ3v) is 4.15. The molecule has 0 radical (unpaired) electrons. The summed E-state index contributed by atoms with van der Waals surface area (Å²) in [5.74, 6) is 0.300. The zero-order valence-corrected chi connectivity index (χ0v) is 12.1. The lowest BCUT2D eigenvalue weighted by atomic mass is 9.73. The van der Waals surface area contributed by atoms with Crippen molar-refractivity contribution < 1.29 is 10.0 Å². The molecule has 2 atom stereocenters. The molecule has 1 rings (SSSR count). The molecule has 0 aromatic heterocycles. The van der Waals surface area contributed by atoms with Crippen molar-refractivity contribution in [2.75, 3.05) is 0 Å². The molecule has 0 heterocycles. The Labute approximate surface area is 114 Å². The van der Waals surface area contributed by atoms with Gasteiger partial charge in [0.1, 0.15) is 0 Å². The van der Waals surface area contributed by atoms with Crippen LogP contribution in [0.4, 0.5) is 5.69 Å². The van der Waals surface area contributed by atoms with Gasteiger partial charge in [-0.25, -0.2) is 0 Å². The average molecular weight is 265 g/mol. The average Bonchev–Trinajstić information content (AvgIpc) is 2.38. The Morgan fingerprint density at radius 3 is 2.53 bits per heavy atom. The van der Waals surface area contributed by atoms with Crippen LogP contribution in [0.1, 0.15) is 52.5 Å². The molecule has 2 unspecified atom stereocenters. The zero-order chi connectivity index (χ0) is 14.6. The van der Waals surface area contributed by atoms with Crippen LogP contribution in [-0.2, 0) is 5.41 Å². The first-order valence-electron chi connectivity index (χ1n) is 6.82. The fourth-order valence-corrected chi connectivity index (χ4v) is 2.42. The van der Waals surface area contributed by atoms with E-state index in [2.05, 4.69) is 27.7 Å². The summed E-state index contributed by atoms with van der Waals surface area (Å²) in [6.45, 7) is 8.58. The topological polar surface area (TPSA) is 63.4 Å². The van der Waals surface area contributed by atoms with Gasteiger partial charge >= 0.3 is 5.69 Å². The van der Waals surface area contributed by atoms with E-state index in [-0.39, 0.29) is 16.9 Å². The monoisotopic (exact) mass is 265 g/mol. The second-order valence-corrected chi connectivity index (χ2v) is 5.59. The number of phenolic OH excluding ortho intramolecular Hbond substituents is 1. The van der Waals surface area contributed by atoms with E-state index in [9.17, 15) is 15.2 Å². The molecule has 106 valence electrons. The quantitative estimate of drug-likeness (QED) is 0.612. The molecule has 0 bridgehead atoms. The Hall–Kier alpha value is -1.58. The molecule has 4 nitrogen and oxygen atoms in total. The van der Waals surface area contributed by atoms with E-state index in [0.717, 1.165) is 24.8 Å². The Balaban J connectivity index is 3.18. The van der Waals surface area contributed by atoms with Crippen LogP contribution in [0.5, 0.6) is 5.75 Å². The number of nitro groups is 1. The molecule has 19 heavy (non-hydrogen) atoms. The first kappa shape index (κ1) is 15.5. The summed E-state index contributed by atoms with van der Waals surface area (Å²) < 4.78 is 0. The Morgan fingerprint density at radius 1 is 1.42 bits per heavy atom. The predicted molar refractivity (Wildman–Crippen MR) is 76.5 cm³/mol. The normalized spacial score (nSPS) is 15.8. The number of benzene rings is 1. The maximum absolute atomic E-state index is 10.9. The van der Waals surface area contributed by atoms with Crippen molar-refractivity contribution in [2.24, 2.45) is 5.92 Å². The van der Waals surface area contributed by atoms with Crippen molar-refractivity contribution in [1.29, 1.82) is 0 Å². The molecule has 0 aliphatic rings. The van der Waals surface area contributed by atoms with E-state index in [1.165, 1.54) is 12.1 Å². The highest BCUT2D eigenvalue weighted by atomic mass is 16.6. The van der Waals surface area contributed by atoms with Gasteiger partial charge in [0.2, 0.25) is 0 Å². The molecule has 1 aromatic carbocycles. The van der Waals surface area contributed by atoms with Gasteiger partial charge in [-0.15, -0.1) is 0 Å². The van der Waals surface area contributed by atoms with Crippen LogP contribution in [0.3, 0.4) is 0 Å². The van der Waals surface area contributed by atoms with Crippen LogP contribution >= 0.6 is 0 Å². The Morgan fingerprint density at radius 2 is 2.05 bits per heavy atom. The highest BCUT2D eigenvalue weighted by Crippen LogP contribution is 2.38. The van der Waals surface area contributed by atoms with Crippen LogP contribution in [0.25, 0.3) is 0 Å². The van der Waals surface area contributed by atoms with Crippen LogP contribution in [0.15, 0.2) is 18.2 Å². The Kier molecular flexibility index (Phi) is 4.92. The molecule has 0 saturated carbocycles. The standard InChI is InChI=1S/C15H23NO3/c1-5-11(3)10-15(4,6-2)12-7-8-14(17)13(9-12)16(18)19/h7-9,11,17H,5-6,10H2,1-4H3. The van der Waals surface area contributed by atoms with Gasteiger partial charge in [0.25, 0.3) is 0 Å². The number of nitrogens with zero attached hydrogens (tertiary/aromatic N) is 1. The summed E-state index contributed by atoms with van der Waals surface area (Å²) in [5.41, 5.74) is 0.634. The minimum absolute atomic E-state index is 0.0894. The van der Waals surface area contributed by atoms with Gasteiger partial charge in [-0.05, 0) is 35.8 Å². The van der Waals surface area contributed by atoms with E-state index >= 15 is 0 Å². The fourth-order valence-electron chi connectivity index (χ4n) is 2.42. The molecule has 0 amide bonds. The van der Waals surface area contributed by atoms with Crippen molar-refractivity contribution in [3.63, 3.8) is 0 Å². The van der Waals surface area contributed by atoms with Gasteiger partial charge in [-0.3, -0.25) is 10.1 Å². The van der Waals surface area contributed by atoms with Crippen molar-refractivity contribution in [3.05, 3.63) is 33.9 Å². The molecule has 0 spiro atoms. The first-order valence-corrected chi connectivity index (χ1v) is 6.82. The highest BCUT2D eigenvalue weighted by molar-refractivity contribution is 5.49. The molecule has 0 aliphatic carbocycles. The predicted octanol–water partition coefficient (Wildman–Crippen LogP) is 4.40. The summed E-state index contributed by atoms with van der Waals surface area (Å²) in [5, 5.41) is 20.4. The van der Waals surface area contributed by atoms with Crippen molar-refractivity contribution in [2.45, 2.75) is 52.4 Å². The van der Waals surface area contributed by atoms with E-state index in [4.69, 9.17) is 0 Å². The smallest absolute Gasteiger partial charge is 0.310 e. The maximum atomic E-state index is 10.9. The molecule has 4 heteroatoms. The largest absolute Gasteiger partial charge is 0.502 e. The van der Waals surface area contributed by atoms with Gasteiger partial charge in [-0.1, -0.05) is 40.2 Å². The second-order valence-electron chi connectivity index (χ2n) is 5.59. The lowest BCUT2D eigenvalue weighted by Crippen LogP contribution is -2.24. The van der Waals surface area contributed by atoms with E-state index < -0.39 is 4.92 Å². The molecule has 1 N–H and O–H groups in total. The zero-order valence-electron chi connectivity index (χ0n) is 12.1. The summed E-state index contributed by atoms with van der Waals surface area (Å²) in [6, 6.07) is 4.74. The lowest BCUT2D eigenvalue weighted by molar-refractivity contribution is -0.386. The minimum Gasteiger partial charge on any atom is -0.502 e. The van der Waals surface area contributed by atoms with Gasteiger partial charge in [0.05, 0.1) is 4.92 Å². The third kappa shape index (κ3) is 3.46. The van der Waals surface area contributed by atoms with Crippen molar-refractivity contribution >= 4 is 5.69 Å². The van der Waals surface area contributed by atoms with Crippen LogP contribution in [0, 0.1) is 16.0 Å². The summed E-state index contributed by atoms with van der Waals surface area (Å²) in [6.07, 6.45) is 3.00. The summed E-state index contributed by atoms with van der Waals surface area (Å²) in [7, 11) is 0. The van der Waals surface area contributed by atoms with Gasteiger partial charge < -0.3 is 5.11 Å². The first-order chi connectivity index (χ1) is 8.84. The molecule has 0 fully saturated rings. The molecular formula is C15H23NO3. The molecule has 0 saturated heterocycles. The number of rotatable bonds is 6. The minimum atomic E-state index is -0.530. The molecule has 0 aliphatic heterocycles. The second kappa shape index (κ2) is 6.04. The Bertz CT molecular complexity index is 459. The summed E-state index contributed by atoms with van der Waals surface area (Å²) >= 11 is 0. The van der Waals surface area contributed by atoms with E-state index in [1.54, 1.807) is 6.07 Å². The number of hydrogen-bond donors (Lipinski definition) is 1. The number of hydrogen-bond acceptors (Lipinski definition) is 3. The number of aromatic hydroxyl groups is 1. The highest BCUT2D eigenvalue weighted by Gasteiger charge is 2.28. The van der Waals surface area contributed by atoms with Crippen LogP contribution in [-0.4, -0.2) is 10.0 Å².